The molecular formula is C24H26FN3O3. The minimum absolute atomic E-state index is 0.190. The second kappa shape index (κ2) is 8.13. The van der Waals surface area contributed by atoms with Gasteiger partial charge in [-0.3, -0.25) is 14.5 Å². The number of piperidine rings is 1. The van der Waals surface area contributed by atoms with Crippen molar-refractivity contribution in [3.63, 3.8) is 0 Å². The lowest BCUT2D eigenvalue weighted by molar-refractivity contribution is -0.135. The number of benzene rings is 2. The van der Waals surface area contributed by atoms with Crippen molar-refractivity contribution in [3.8, 4) is 0 Å². The summed E-state index contributed by atoms with van der Waals surface area (Å²) in [5.74, 6) is -0.848. The molecule has 0 unspecified atom stereocenters. The summed E-state index contributed by atoms with van der Waals surface area (Å²) < 4.78 is 13.9. The van der Waals surface area contributed by atoms with Crippen LogP contribution < -0.4 is 0 Å². The molecule has 1 spiro atoms. The number of carbonyl (C=O) groups is 3. The Morgan fingerprint density at radius 1 is 1.03 bits per heavy atom. The lowest BCUT2D eigenvalue weighted by Gasteiger charge is -2.42. The van der Waals surface area contributed by atoms with Gasteiger partial charge in [-0.2, -0.15) is 0 Å². The Morgan fingerprint density at radius 2 is 1.71 bits per heavy atom. The average Bonchev–Trinajstić information content (AvgIpc) is 2.97. The van der Waals surface area contributed by atoms with Crippen molar-refractivity contribution in [3.05, 3.63) is 71.0 Å². The summed E-state index contributed by atoms with van der Waals surface area (Å²) in [5.41, 5.74) is 0.662. The fourth-order valence-electron chi connectivity index (χ4n) is 4.62. The highest BCUT2D eigenvalue weighted by Crippen LogP contribution is 2.38. The van der Waals surface area contributed by atoms with Gasteiger partial charge < -0.3 is 9.80 Å². The first-order valence-corrected chi connectivity index (χ1v) is 10.6. The minimum Gasteiger partial charge on any atom is -0.338 e. The van der Waals surface area contributed by atoms with Gasteiger partial charge in [0.25, 0.3) is 11.8 Å². The molecule has 2 aromatic carbocycles. The summed E-state index contributed by atoms with van der Waals surface area (Å²) in [6.45, 7) is 4.71. The predicted molar refractivity (Wildman–Crippen MR) is 114 cm³/mol. The molecule has 0 radical (unpaired) electrons. The van der Waals surface area contributed by atoms with Crippen molar-refractivity contribution in [1.29, 1.82) is 0 Å². The Kier molecular flexibility index (Phi) is 5.52. The van der Waals surface area contributed by atoms with Gasteiger partial charge in [0.05, 0.1) is 0 Å². The number of carbonyl (C=O) groups excluding carboxylic acids is 3. The van der Waals surface area contributed by atoms with Crippen molar-refractivity contribution >= 4 is 17.8 Å². The SMILES string of the molecule is CCN1C(=O)N(Cc2ccccc2)C2(CCN(C(=O)c3cccc(F)c3C)CC2)C1=O. The summed E-state index contributed by atoms with van der Waals surface area (Å²) >= 11 is 0. The van der Waals surface area contributed by atoms with Gasteiger partial charge in [0.2, 0.25) is 0 Å². The first kappa shape index (κ1) is 21.0. The van der Waals surface area contributed by atoms with Gasteiger partial charge in [0.15, 0.2) is 0 Å². The van der Waals surface area contributed by atoms with Crippen molar-refractivity contribution in [2.45, 2.75) is 38.8 Å². The molecule has 0 saturated carbocycles. The van der Waals surface area contributed by atoms with E-state index in [2.05, 4.69) is 0 Å². The van der Waals surface area contributed by atoms with E-state index in [0.717, 1.165) is 5.56 Å². The Bertz CT molecular complexity index is 1020. The Labute approximate surface area is 181 Å². The largest absolute Gasteiger partial charge is 0.338 e. The molecule has 31 heavy (non-hydrogen) atoms. The zero-order valence-electron chi connectivity index (χ0n) is 17.8. The number of likely N-dealkylation sites (tertiary alicyclic amines) is 1. The number of urea groups is 1. The number of imide groups is 1. The maximum absolute atomic E-state index is 13.9. The number of hydrogen-bond donors (Lipinski definition) is 0. The smallest absolute Gasteiger partial charge is 0.327 e. The molecule has 7 heteroatoms. The van der Waals surface area contributed by atoms with E-state index in [-0.39, 0.29) is 17.8 Å². The topological polar surface area (TPSA) is 60.9 Å². The Balaban J connectivity index is 1.58. The van der Waals surface area contributed by atoms with Crippen LogP contribution in [0, 0.1) is 12.7 Å². The molecule has 0 aromatic heterocycles. The molecule has 4 rings (SSSR count). The van der Waals surface area contributed by atoms with Gasteiger partial charge in [-0.05, 0) is 49.9 Å². The molecule has 2 saturated heterocycles. The van der Waals surface area contributed by atoms with Crippen LogP contribution in [0.3, 0.4) is 0 Å². The molecule has 4 amide bonds. The zero-order chi connectivity index (χ0) is 22.2. The number of hydrogen-bond acceptors (Lipinski definition) is 3. The van der Waals surface area contributed by atoms with E-state index in [0.29, 0.717) is 50.1 Å². The molecule has 2 heterocycles. The van der Waals surface area contributed by atoms with E-state index in [1.54, 1.807) is 29.7 Å². The Hall–Kier alpha value is -3.22. The van der Waals surface area contributed by atoms with Gasteiger partial charge in [0, 0.05) is 31.7 Å². The lowest BCUT2D eigenvalue weighted by atomic mass is 9.85. The normalized spacial score (nSPS) is 18.2. The molecule has 2 aliphatic heterocycles. The van der Waals surface area contributed by atoms with Crippen molar-refractivity contribution in [1.82, 2.24) is 14.7 Å². The van der Waals surface area contributed by atoms with E-state index in [4.69, 9.17) is 0 Å². The van der Waals surface area contributed by atoms with Crippen LogP contribution in [0.2, 0.25) is 0 Å². The van der Waals surface area contributed by atoms with E-state index in [9.17, 15) is 18.8 Å². The maximum Gasteiger partial charge on any atom is 0.327 e. The Morgan fingerprint density at radius 3 is 2.35 bits per heavy atom. The summed E-state index contributed by atoms with van der Waals surface area (Å²) in [7, 11) is 0. The molecule has 0 aliphatic carbocycles. The second-order valence-corrected chi connectivity index (χ2v) is 8.14. The van der Waals surface area contributed by atoms with E-state index < -0.39 is 11.4 Å². The quantitative estimate of drug-likeness (QED) is 0.706. The molecule has 0 N–H and O–H groups in total. The lowest BCUT2D eigenvalue weighted by Crippen LogP contribution is -2.57. The standard InChI is InChI=1S/C24H26FN3O3/c1-3-27-22(30)24(28(23(27)31)16-18-8-5-4-6-9-18)12-14-26(15-13-24)21(29)19-10-7-11-20(25)17(19)2/h4-11H,3,12-16H2,1-2H3. The van der Waals surface area contributed by atoms with Crippen LogP contribution in [-0.4, -0.2) is 57.7 Å². The summed E-state index contributed by atoms with van der Waals surface area (Å²) in [6.07, 6.45) is 0.724. The highest BCUT2D eigenvalue weighted by molar-refractivity contribution is 6.07. The summed E-state index contributed by atoms with van der Waals surface area (Å²) in [5, 5.41) is 0. The van der Waals surface area contributed by atoms with Gasteiger partial charge in [-0.25, -0.2) is 9.18 Å². The highest BCUT2D eigenvalue weighted by atomic mass is 19.1. The zero-order valence-corrected chi connectivity index (χ0v) is 17.8. The van der Waals surface area contributed by atoms with E-state index in [1.165, 1.54) is 17.0 Å². The average molecular weight is 423 g/mol. The van der Waals surface area contributed by atoms with Crippen LogP contribution in [0.15, 0.2) is 48.5 Å². The molecule has 2 aromatic rings. The van der Waals surface area contributed by atoms with Crippen LogP contribution in [0.4, 0.5) is 9.18 Å². The molecule has 6 nitrogen and oxygen atoms in total. The number of rotatable bonds is 4. The highest BCUT2D eigenvalue weighted by Gasteiger charge is 2.57. The van der Waals surface area contributed by atoms with Crippen LogP contribution in [0.1, 0.15) is 41.3 Å². The maximum atomic E-state index is 13.9. The monoisotopic (exact) mass is 423 g/mol. The van der Waals surface area contributed by atoms with Crippen LogP contribution in [0.5, 0.6) is 0 Å². The van der Waals surface area contributed by atoms with Crippen molar-refractivity contribution in [2.24, 2.45) is 0 Å². The van der Waals surface area contributed by atoms with Gasteiger partial charge in [0.1, 0.15) is 11.4 Å². The van der Waals surface area contributed by atoms with Gasteiger partial charge in [-0.1, -0.05) is 36.4 Å². The first-order chi connectivity index (χ1) is 14.9. The fourth-order valence-corrected chi connectivity index (χ4v) is 4.62. The number of likely N-dealkylation sites (N-methyl/N-ethyl adjacent to an activating group) is 1. The third-order valence-corrected chi connectivity index (χ3v) is 6.50. The van der Waals surface area contributed by atoms with Gasteiger partial charge in [-0.15, -0.1) is 0 Å². The van der Waals surface area contributed by atoms with Crippen molar-refractivity contribution in [2.75, 3.05) is 19.6 Å². The number of amides is 4. The number of nitrogens with zero attached hydrogens (tertiary/aromatic N) is 3. The van der Waals surface area contributed by atoms with Crippen LogP contribution in [0.25, 0.3) is 0 Å². The minimum atomic E-state index is -0.948. The first-order valence-electron chi connectivity index (χ1n) is 10.6. The third kappa shape index (κ3) is 3.48. The van der Waals surface area contributed by atoms with E-state index in [1.807, 2.05) is 30.3 Å². The molecule has 0 atom stereocenters. The van der Waals surface area contributed by atoms with E-state index >= 15 is 0 Å². The molecule has 2 fully saturated rings. The van der Waals surface area contributed by atoms with Crippen molar-refractivity contribution < 1.29 is 18.8 Å². The molecular weight excluding hydrogens is 397 g/mol. The summed E-state index contributed by atoms with van der Waals surface area (Å²) in [6, 6.07) is 13.8. The molecule has 0 bridgehead atoms. The van der Waals surface area contributed by atoms with Gasteiger partial charge >= 0.3 is 6.03 Å². The molecule has 2 aliphatic rings. The fraction of sp³-hybridized carbons (Fsp3) is 0.375. The van der Waals surface area contributed by atoms with Crippen LogP contribution in [-0.2, 0) is 11.3 Å². The predicted octanol–water partition coefficient (Wildman–Crippen LogP) is 3.59. The van der Waals surface area contributed by atoms with Crippen LogP contribution >= 0.6 is 0 Å². The molecule has 162 valence electrons. The number of halogens is 1. The second-order valence-electron chi connectivity index (χ2n) is 8.14. The third-order valence-electron chi connectivity index (χ3n) is 6.50. The summed E-state index contributed by atoms with van der Waals surface area (Å²) in [4.78, 5) is 44.0.